The van der Waals surface area contributed by atoms with Crippen LogP contribution in [0.1, 0.15) is 54.6 Å². The number of nitriles is 1. The van der Waals surface area contributed by atoms with E-state index in [1.807, 2.05) is 35.9 Å². The summed E-state index contributed by atoms with van der Waals surface area (Å²) in [5.74, 6) is -0.0991. The molecule has 184 valence electrons. The topological polar surface area (TPSA) is 131 Å². The first-order valence-corrected chi connectivity index (χ1v) is 12.1. The van der Waals surface area contributed by atoms with E-state index in [9.17, 15) is 14.9 Å². The van der Waals surface area contributed by atoms with Gasteiger partial charge in [-0.05, 0) is 56.5 Å². The van der Waals surface area contributed by atoms with Crippen LogP contribution < -0.4 is 10.9 Å². The summed E-state index contributed by atoms with van der Waals surface area (Å²) < 4.78 is 8.52. The summed E-state index contributed by atoms with van der Waals surface area (Å²) in [4.78, 5) is 27.5. The number of hydrogen-bond acceptors (Lipinski definition) is 7. The molecule has 3 aromatic heterocycles. The SMILES string of the molecule is CCOC(=O)c1cnn(-c2ccc(Nc3nn([C@H]4CCCCC4C#N)c4cc[nH]c(=O)c34)cc2C)c1. The Morgan fingerprint density at radius 2 is 2.14 bits per heavy atom. The van der Waals surface area contributed by atoms with Crippen molar-refractivity contribution in [3.63, 3.8) is 0 Å². The van der Waals surface area contributed by atoms with Crippen LogP contribution in [-0.2, 0) is 4.74 Å². The molecule has 2 N–H and O–H groups in total. The van der Waals surface area contributed by atoms with Crippen LogP contribution in [0, 0.1) is 24.2 Å². The molecule has 0 radical (unpaired) electrons. The average Bonchev–Trinajstić information content (AvgIpc) is 3.51. The van der Waals surface area contributed by atoms with Crippen LogP contribution in [0.5, 0.6) is 0 Å². The van der Waals surface area contributed by atoms with Crippen LogP contribution in [0.4, 0.5) is 11.5 Å². The van der Waals surface area contributed by atoms with E-state index in [0.29, 0.717) is 28.9 Å². The molecule has 1 aliphatic carbocycles. The fraction of sp³-hybridized carbons (Fsp3) is 0.346. The van der Waals surface area contributed by atoms with E-state index in [-0.39, 0.29) is 17.5 Å². The molecule has 5 rings (SSSR count). The molecule has 1 saturated carbocycles. The Kier molecular flexibility index (Phi) is 6.29. The number of nitrogens with one attached hydrogen (secondary N) is 2. The van der Waals surface area contributed by atoms with Gasteiger partial charge < -0.3 is 15.0 Å². The molecule has 0 spiro atoms. The summed E-state index contributed by atoms with van der Waals surface area (Å²) in [7, 11) is 0. The minimum atomic E-state index is -0.413. The highest BCUT2D eigenvalue weighted by molar-refractivity contribution is 5.91. The molecule has 0 aliphatic heterocycles. The van der Waals surface area contributed by atoms with Gasteiger partial charge in [0.25, 0.3) is 5.56 Å². The highest BCUT2D eigenvalue weighted by Crippen LogP contribution is 2.36. The van der Waals surface area contributed by atoms with Crippen molar-refractivity contribution in [2.75, 3.05) is 11.9 Å². The average molecular weight is 486 g/mol. The van der Waals surface area contributed by atoms with Gasteiger partial charge in [-0.15, -0.1) is 0 Å². The second-order valence-electron chi connectivity index (χ2n) is 8.97. The largest absolute Gasteiger partial charge is 0.462 e. The second kappa shape index (κ2) is 9.70. The molecule has 2 atom stereocenters. The second-order valence-corrected chi connectivity index (χ2v) is 8.97. The van der Waals surface area contributed by atoms with E-state index in [0.717, 1.165) is 42.6 Å². The molecule has 36 heavy (non-hydrogen) atoms. The Morgan fingerprint density at radius 1 is 1.31 bits per heavy atom. The Bertz CT molecular complexity index is 1520. The summed E-state index contributed by atoms with van der Waals surface area (Å²) in [5, 5.41) is 22.5. The number of H-pyrrole nitrogens is 1. The normalized spacial score (nSPS) is 17.6. The van der Waals surface area contributed by atoms with Crippen molar-refractivity contribution in [2.45, 2.75) is 45.6 Å². The highest BCUT2D eigenvalue weighted by Gasteiger charge is 2.29. The van der Waals surface area contributed by atoms with E-state index < -0.39 is 5.97 Å². The number of aromatic amines is 1. The molecule has 0 saturated heterocycles. The van der Waals surface area contributed by atoms with Crippen molar-refractivity contribution < 1.29 is 9.53 Å². The smallest absolute Gasteiger partial charge is 0.341 e. The number of carbonyl (C=O) groups excluding carboxylic acids is 1. The quantitative estimate of drug-likeness (QED) is 0.387. The van der Waals surface area contributed by atoms with Gasteiger partial charge in [0, 0.05) is 18.1 Å². The number of nitrogens with zero attached hydrogens (tertiary/aromatic N) is 5. The number of ether oxygens (including phenoxy) is 1. The Balaban J connectivity index is 1.47. The summed E-state index contributed by atoms with van der Waals surface area (Å²) in [5.41, 5.74) is 3.33. The maximum atomic E-state index is 12.8. The number of aromatic nitrogens is 5. The van der Waals surface area contributed by atoms with E-state index in [2.05, 4.69) is 21.5 Å². The molecule has 1 aliphatic rings. The first-order chi connectivity index (χ1) is 17.5. The number of hydrogen-bond donors (Lipinski definition) is 2. The monoisotopic (exact) mass is 485 g/mol. The minimum absolute atomic E-state index is 0.0684. The number of pyridine rings is 1. The predicted octanol–water partition coefficient (Wildman–Crippen LogP) is 4.39. The van der Waals surface area contributed by atoms with Crippen molar-refractivity contribution >= 4 is 28.4 Å². The van der Waals surface area contributed by atoms with Gasteiger partial charge in [0.2, 0.25) is 0 Å². The first-order valence-electron chi connectivity index (χ1n) is 12.1. The van der Waals surface area contributed by atoms with Gasteiger partial charge in [-0.25, -0.2) is 9.48 Å². The Hall–Kier alpha value is -4.39. The van der Waals surface area contributed by atoms with Crippen molar-refractivity contribution in [3.05, 3.63) is 64.3 Å². The van der Waals surface area contributed by atoms with Crippen LogP contribution in [0.2, 0.25) is 0 Å². The predicted molar refractivity (Wildman–Crippen MR) is 135 cm³/mol. The van der Waals surface area contributed by atoms with E-state index in [1.54, 1.807) is 24.0 Å². The Morgan fingerprint density at radius 3 is 2.92 bits per heavy atom. The summed E-state index contributed by atoms with van der Waals surface area (Å²) in [6, 6.07) is 9.89. The number of rotatable bonds is 6. The molecular formula is C26H27N7O3. The molecule has 1 unspecified atom stereocenters. The zero-order valence-electron chi connectivity index (χ0n) is 20.2. The number of carbonyl (C=O) groups is 1. The van der Waals surface area contributed by atoms with E-state index in [4.69, 9.17) is 9.84 Å². The van der Waals surface area contributed by atoms with Crippen molar-refractivity contribution in [3.8, 4) is 11.8 Å². The lowest BCUT2D eigenvalue weighted by Gasteiger charge is -2.27. The molecule has 0 bridgehead atoms. The zero-order chi connectivity index (χ0) is 25.2. The number of anilines is 2. The van der Waals surface area contributed by atoms with Gasteiger partial charge in [0.15, 0.2) is 5.82 Å². The third-order valence-electron chi connectivity index (χ3n) is 6.64. The van der Waals surface area contributed by atoms with Gasteiger partial charge in [0.05, 0.1) is 47.6 Å². The fourth-order valence-corrected chi connectivity index (χ4v) is 4.90. The molecule has 4 aromatic rings. The third kappa shape index (κ3) is 4.24. The zero-order valence-corrected chi connectivity index (χ0v) is 20.2. The maximum Gasteiger partial charge on any atom is 0.341 e. The van der Waals surface area contributed by atoms with Gasteiger partial charge >= 0.3 is 5.97 Å². The van der Waals surface area contributed by atoms with Crippen molar-refractivity contribution in [1.82, 2.24) is 24.5 Å². The lowest BCUT2D eigenvalue weighted by Crippen LogP contribution is -2.23. The number of fused-ring (bicyclic) bond motifs is 1. The fourth-order valence-electron chi connectivity index (χ4n) is 4.90. The van der Waals surface area contributed by atoms with Crippen LogP contribution >= 0.6 is 0 Å². The van der Waals surface area contributed by atoms with Gasteiger partial charge in [-0.1, -0.05) is 12.8 Å². The number of benzene rings is 1. The lowest BCUT2D eigenvalue weighted by molar-refractivity contribution is 0.0526. The molecule has 10 nitrogen and oxygen atoms in total. The molecule has 1 fully saturated rings. The minimum Gasteiger partial charge on any atom is -0.462 e. The van der Waals surface area contributed by atoms with E-state index in [1.165, 1.54) is 6.20 Å². The van der Waals surface area contributed by atoms with Gasteiger partial charge in [-0.2, -0.15) is 15.5 Å². The van der Waals surface area contributed by atoms with Gasteiger partial charge in [0.1, 0.15) is 5.39 Å². The van der Waals surface area contributed by atoms with Crippen LogP contribution in [0.3, 0.4) is 0 Å². The van der Waals surface area contributed by atoms with Gasteiger partial charge in [-0.3, -0.25) is 9.48 Å². The summed E-state index contributed by atoms with van der Waals surface area (Å²) in [6.45, 7) is 4.00. The summed E-state index contributed by atoms with van der Waals surface area (Å²) in [6.07, 6.45) is 8.48. The lowest BCUT2D eigenvalue weighted by atomic mass is 9.85. The van der Waals surface area contributed by atoms with Crippen molar-refractivity contribution in [1.29, 1.82) is 5.26 Å². The van der Waals surface area contributed by atoms with Crippen LogP contribution in [0.15, 0.2) is 47.7 Å². The standard InChI is InChI=1S/C26H27N7O3/c1-3-36-26(35)18-14-29-32(15-18)20-9-8-19(12-16(20)2)30-24-23-22(10-11-28-25(23)34)33(31-24)21-7-5-4-6-17(21)13-27/h8-12,14-15,17,21H,3-7H2,1-2H3,(H,28,34)(H,30,31)/t17?,21-/m0/s1. The summed E-state index contributed by atoms with van der Waals surface area (Å²) >= 11 is 0. The van der Waals surface area contributed by atoms with Crippen molar-refractivity contribution in [2.24, 2.45) is 5.92 Å². The number of esters is 1. The first kappa shape index (κ1) is 23.4. The number of aryl methyl sites for hydroxylation is 1. The third-order valence-corrected chi connectivity index (χ3v) is 6.64. The molecule has 3 heterocycles. The Labute approximate surface area is 207 Å². The van der Waals surface area contributed by atoms with E-state index >= 15 is 0 Å². The maximum absolute atomic E-state index is 12.8. The molecule has 10 heteroatoms. The molecule has 0 amide bonds. The van der Waals surface area contributed by atoms with Crippen LogP contribution in [-0.4, -0.2) is 37.1 Å². The molecular weight excluding hydrogens is 458 g/mol. The highest BCUT2D eigenvalue weighted by atomic mass is 16.5. The van der Waals surface area contributed by atoms with Crippen LogP contribution in [0.25, 0.3) is 16.6 Å². The molecule has 1 aromatic carbocycles.